The van der Waals surface area contributed by atoms with Crippen molar-refractivity contribution in [1.29, 1.82) is 0 Å². The summed E-state index contributed by atoms with van der Waals surface area (Å²) in [5.74, 6) is 1.18. The van der Waals surface area contributed by atoms with Gasteiger partial charge in [-0.25, -0.2) is 4.98 Å². The minimum absolute atomic E-state index is 0.514. The second-order valence-corrected chi connectivity index (χ2v) is 2.74. The largest absolute Gasteiger partial charge is 0.436 e. The lowest BCUT2D eigenvalue weighted by atomic mass is 10.4. The summed E-state index contributed by atoms with van der Waals surface area (Å²) in [7, 11) is 0. The molecule has 2 heterocycles. The molecule has 0 unspecified atom stereocenters. The molecule has 70 valence electrons. The van der Waals surface area contributed by atoms with E-state index in [1.54, 1.807) is 30.9 Å². The lowest BCUT2D eigenvalue weighted by molar-refractivity contribution is 0.453. The summed E-state index contributed by atoms with van der Waals surface area (Å²) in [6.45, 7) is 1.85. The summed E-state index contributed by atoms with van der Waals surface area (Å²) in [6, 6.07) is 3.63. The van der Waals surface area contributed by atoms with Crippen molar-refractivity contribution >= 4 is 0 Å². The van der Waals surface area contributed by atoms with Gasteiger partial charge in [-0.05, 0) is 19.1 Å². The van der Waals surface area contributed by atoms with Crippen LogP contribution in [0.4, 0.5) is 0 Å². The lowest BCUT2D eigenvalue weighted by Gasteiger charge is -2.04. The van der Waals surface area contributed by atoms with Gasteiger partial charge >= 0.3 is 0 Å². The van der Waals surface area contributed by atoms with Crippen LogP contribution in [0.5, 0.6) is 11.6 Å². The number of pyridine rings is 1. The second kappa shape index (κ2) is 3.83. The summed E-state index contributed by atoms with van der Waals surface area (Å²) in [5.41, 5.74) is 0.761. The average molecular weight is 187 g/mol. The Hall–Kier alpha value is -1.97. The highest BCUT2D eigenvalue weighted by molar-refractivity contribution is 5.25. The predicted octanol–water partition coefficient (Wildman–Crippen LogP) is 1.97. The van der Waals surface area contributed by atoms with Crippen LogP contribution >= 0.6 is 0 Å². The zero-order chi connectivity index (χ0) is 9.80. The average Bonchev–Trinajstić information content (AvgIpc) is 2.23. The number of aromatic nitrogens is 3. The van der Waals surface area contributed by atoms with E-state index in [2.05, 4.69) is 15.0 Å². The third kappa shape index (κ3) is 1.85. The van der Waals surface area contributed by atoms with E-state index in [9.17, 15) is 0 Å². The third-order valence-corrected chi connectivity index (χ3v) is 1.69. The Labute approximate surface area is 81.6 Å². The van der Waals surface area contributed by atoms with Crippen molar-refractivity contribution in [3.8, 4) is 11.6 Å². The molecule has 0 fully saturated rings. The molecule has 0 N–H and O–H groups in total. The highest BCUT2D eigenvalue weighted by Crippen LogP contribution is 2.18. The smallest absolute Gasteiger partial charge is 0.240 e. The van der Waals surface area contributed by atoms with E-state index in [1.807, 2.05) is 13.0 Å². The van der Waals surface area contributed by atoms with E-state index in [0.29, 0.717) is 11.6 Å². The lowest BCUT2D eigenvalue weighted by Crippen LogP contribution is -1.92. The molecule has 0 amide bonds. The van der Waals surface area contributed by atoms with Crippen LogP contribution in [0.2, 0.25) is 0 Å². The normalized spacial score (nSPS) is 9.79. The van der Waals surface area contributed by atoms with Crippen LogP contribution in [0.15, 0.2) is 36.9 Å². The van der Waals surface area contributed by atoms with Crippen LogP contribution in [0, 0.1) is 6.92 Å². The zero-order valence-electron chi connectivity index (χ0n) is 7.71. The first-order valence-electron chi connectivity index (χ1n) is 4.22. The number of rotatable bonds is 2. The quantitative estimate of drug-likeness (QED) is 0.721. The molecule has 0 aliphatic carbocycles. The van der Waals surface area contributed by atoms with Crippen molar-refractivity contribution in [3.63, 3.8) is 0 Å². The minimum atomic E-state index is 0.514. The topological polar surface area (TPSA) is 47.9 Å². The Morgan fingerprint density at radius 1 is 1.14 bits per heavy atom. The molecule has 0 bridgehead atoms. The van der Waals surface area contributed by atoms with E-state index in [-0.39, 0.29) is 0 Å². The van der Waals surface area contributed by atoms with Crippen molar-refractivity contribution in [2.45, 2.75) is 6.92 Å². The number of ether oxygens (including phenoxy) is 1. The van der Waals surface area contributed by atoms with Crippen LogP contribution in [-0.4, -0.2) is 15.0 Å². The van der Waals surface area contributed by atoms with Gasteiger partial charge in [0.15, 0.2) is 0 Å². The maximum absolute atomic E-state index is 5.47. The molecule has 2 aromatic heterocycles. The fourth-order valence-electron chi connectivity index (χ4n) is 1.01. The Morgan fingerprint density at radius 2 is 2.00 bits per heavy atom. The molecule has 0 aliphatic heterocycles. The van der Waals surface area contributed by atoms with Crippen LogP contribution in [0.25, 0.3) is 0 Å². The molecule has 0 atom stereocenters. The van der Waals surface area contributed by atoms with Gasteiger partial charge in [0, 0.05) is 18.6 Å². The zero-order valence-corrected chi connectivity index (χ0v) is 7.71. The molecule has 4 heteroatoms. The molecular formula is C10H9N3O. The van der Waals surface area contributed by atoms with Gasteiger partial charge in [0.05, 0.1) is 11.9 Å². The number of aryl methyl sites for hydroxylation is 1. The van der Waals surface area contributed by atoms with Gasteiger partial charge in [-0.15, -0.1) is 0 Å². The molecule has 2 rings (SSSR count). The molecule has 2 aromatic rings. The van der Waals surface area contributed by atoms with Crippen LogP contribution in [0.1, 0.15) is 5.69 Å². The van der Waals surface area contributed by atoms with E-state index in [4.69, 9.17) is 4.74 Å². The maximum Gasteiger partial charge on any atom is 0.240 e. The molecule has 0 spiro atoms. The van der Waals surface area contributed by atoms with E-state index in [0.717, 1.165) is 5.69 Å². The third-order valence-electron chi connectivity index (χ3n) is 1.69. The summed E-state index contributed by atoms with van der Waals surface area (Å²) in [6.07, 6.45) is 6.55. The van der Waals surface area contributed by atoms with Gasteiger partial charge in [0.2, 0.25) is 5.88 Å². The van der Waals surface area contributed by atoms with Crippen molar-refractivity contribution < 1.29 is 4.74 Å². The summed E-state index contributed by atoms with van der Waals surface area (Å²) < 4.78 is 5.47. The van der Waals surface area contributed by atoms with E-state index < -0.39 is 0 Å². The fraction of sp³-hybridized carbons (Fsp3) is 0.100. The molecule has 4 nitrogen and oxygen atoms in total. The van der Waals surface area contributed by atoms with Crippen molar-refractivity contribution in [2.75, 3.05) is 0 Å². The predicted molar refractivity (Wildman–Crippen MR) is 51.1 cm³/mol. The molecule has 0 aliphatic rings. The van der Waals surface area contributed by atoms with Gasteiger partial charge in [-0.2, -0.15) is 0 Å². The van der Waals surface area contributed by atoms with Gasteiger partial charge in [-0.1, -0.05) is 0 Å². The van der Waals surface area contributed by atoms with Crippen molar-refractivity contribution in [1.82, 2.24) is 15.0 Å². The van der Waals surface area contributed by atoms with Crippen LogP contribution in [0.3, 0.4) is 0 Å². The molecule has 0 saturated heterocycles. The SMILES string of the molecule is Cc1nccnc1Oc1cccnc1. The van der Waals surface area contributed by atoms with Crippen LogP contribution in [-0.2, 0) is 0 Å². The maximum atomic E-state index is 5.47. The van der Waals surface area contributed by atoms with Crippen molar-refractivity contribution in [3.05, 3.63) is 42.6 Å². The number of hydrogen-bond donors (Lipinski definition) is 0. The van der Waals surface area contributed by atoms with Crippen LogP contribution < -0.4 is 4.74 Å². The first-order valence-corrected chi connectivity index (χ1v) is 4.22. The highest BCUT2D eigenvalue weighted by Gasteiger charge is 2.01. The highest BCUT2D eigenvalue weighted by atomic mass is 16.5. The Morgan fingerprint density at radius 3 is 2.71 bits per heavy atom. The van der Waals surface area contributed by atoms with Gasteiger partial charge in [0.25, 0.3) is 0 Å². The van der Waals surface area contributed by atoms with Gasteiger partial charge in [-0.3, -0.25) is 9.97 Å². The number of nitrogens with zero attached hydrogens (tertiary/aromatic N) is 3. The summed E-state index contributed by atoms with van der Waals surface area (Å²) >= 11 is 0. The Balaban J connectivity index is 2.24. The molecular weight excluding hydrogens is 178 g/mol. The Kier molecular flexibility index (Phi) is 2.36. The monoisotopic (exact) mass is 187 g/mol. The Bertz CT molecular complexity index is 417. The first-order chi connectivity index (χ1) is 6.86. The molecule has 14 heavy (non-hydrogen) atoms. The second-order valence-electron chi connectivity index (χ2n) is 2.74. The summed E-state index contributed by atoms with van der Waals surface area (Å²) in [4.78, 5) is 12.1. The van der Waals surface area contributed by atoms with Crippen molar-refractivity contribution in [2.24, 2.45) is 0 Å². The minimum Gasteiger partial charge on any atom is -0.436 e. The van der Waals surface area contributed by atoms with Gasteiger partial charge in [0.1, 0.15) is 5.75 Å². The standard InChI is InChI=1S/C10H9N3O/c1-8-10(13-6-5-12-8)14-9-3-2-4-11-7-9/h2-7H,1H3. The first kappa shape index (κ1) is 8.62. The van der Waals surface area contributed by atoms with E-state index >= 15 is 0 Å². The molecule has 0 aromatic carbocycles. The van der Waals surface area contributed by atoms with Gasteiger partial charge < -0.3 is 4.74 Å². The fourth-order valence-corrected chi connectivity index (χ4v) is 1.01. The summed E-state index contributed by atoms with van der Waals surface area (Å²) in [5, 5.41) is 0. The number of hydrogen-bond acceptors (Lipinski definition) is 4. The van der Waals surface area contributed by atoms with E-state index in [1.165, 1.54) is 0 Å². The molecule has 0 radical (unpaired) electrons. The molecule has 0 saturated carbocycles.